The largest absolute Gasteiger partial charge is 0.479 e. The zero-order chi connectivity index (χ0) is 18.1. The van der Waals surface area contributed by atoms with Crippen LogP contribution in [0.2, 0.25) is 5.15 Å². The maximum atomic E-state index is 14.4. The van der Waals surface area contributed by atoms with Gasteiger partial charge in [-0.1, -0.05) is 11.6 Å². The van der Waals surface area contributed by atoms with Crippen molar-refractivity contribution in [3.8, 4) is 28.1 Å². The number of hydrogen-bond acceptors (Lipinski definition) is 4. The molecule has 0 saturated heterocycles. The molecule has 4 nitrogen and oxygen atoms in total. The molecule has 0 amide bonds. The second-order valence-electron chi connectivity index (χ2n) is 5.16. The van der Waals surface area contributed by atoms with Crippen molar-refractivity contribution in [3.05, 3.63) is 58.8 Å². The van der Waals surface area contributed by atoms with Crippen LogP contribution >= 0.6 is 11.6 Å². The summed E-state index contributed by atoms with van der Waals surface area (Å²) in [5.74, 6) is -3.27. The summed E-state index contributed by atoms with van der Waals surface area (Å²) in [6.45, 7) is 1.62. The number of methoxy groups -OCH3 is 1. The van der Waals surface area contributed by atoms with Crippen LogP contribution in [-0.4, -0.2) is 22.3 Å². The first-order valence-electron chi connectivity index (χ1n) is 7.10. The highest BCUT2D eigenvalue weighted by Crippen LogP contribution is 2.41. The van der Waals surface area contributed by atoms with E-state index in [4.69, 9.17) is 16.3 Å². The zero-order valence-corrected chi connectivity index (χ0v) is 13.9. The monoisotopic (exact) mass is 365 g/mol. The normalized spacial score (nSPS) is 10.8. The lowest BCUT2D eigenvalue weighted by atomic mass is 9.94. The van der Waals surface area contributed by atoms with Crippen LogP contribution in [0.25, 0.3) is 22.3 Å². The van der Waals surface area contributed by atoms with Gasteiger partial charge in [0.15, 0.2) is 0 Å². The van der Waals surface area contributed by atoms with Crippen molar-refractivity contribution in [2.75, 3.05) is 7.11 Å². The van der Waals surface area contributed by atoms with E-state index in [2.05, 4.69) is 15.2 Å². The average molecular weight is 366 g/mol. The Hall–Kier alpha value is -2.67. The van der Waals surface area contributed by atoms with Gasteiger partial charge in [-0.2, -0.15) is 5.10 Å². The van der Waals surface area contributed by atoms with E-state index in [1.807, 2.05) is 0 Å². The van der Waals surface area contributed by atoms with E-state index in [9.17, 15) is 13.2 Å². The highest BCUT2D eigenvalue weighted by molar-refractivity contribution is 6.29. The number of pyridine rings is 1. The predicted molar refractivity (Wildman–Crippen MR) is 86.9 cm³/mol. The Morgan fingerprint density at radius 2 is 1.64 bits per heavy atom. The Kier molecular flexibility index (Phi) is 4.59. The molecule has 128 valence electrons. The smallest absolute Gasteiger partial charge is 0.241 e. The summed E-state index contributed by atoms with van der Waals surface area (Å²) in [5.41, 5.74) is 0.826. The highest BCUT2D eigenvalue weighted by Gasteiger charge is 2.25. The van der Waals surface area contributed by atoms with Crippen molar-refractivity contribution in [2.24, 2.45) is 0 Å². The fraction of sp³-hybridized carbons (Fsp3) is 0.118. The second-order valence-corrected chi connectivity index (χ2v) is 5.55. The lowest BCUT2D eigenvalue weighted by Gasteiger charge is -2.16. The molecule has 8 heteroatoms. The molecule has 0 fully saturated rings. The van der Waals surface area contributed by atoms with Gasteiger partial charge >= 0.3 is 0 Å². The van der Waals surface area contributed by atoms with Gasteiger partial charge in [-0.25, -0.2) is 18.2 Å². The van der Waals surface area contributed by atoms with Gasteiger partial charge in [0.1, 0.15) is 22.6 Å². The first-order chi connectivity index (χ1) is 11.9. The topological polar surface area (TPSA) is 47.9 Å². The summed E-state index contributed by atoms with van der Waals surface area (Å²) in [7, 11) is 1.30. The van der Waals surface area contributed by atoms with E-state index in [0.717, 1.165) is 0 Å². The number of hydrogen-bond donors (Lipinski definition) is 0. The van der Waals surface area contributed by atoms with Crippen LogP contribution < -0.4 is 4.74 Å². The van der Waals surface area contributed by atoms with Gasteiger partial charge in [0.25, 0.3) is 0 Å². The van der Waals surface area contributed by atoms with Gasteiger partial charge in [-0.15, -0.1) is 5.10 Å². The minimum Gasteiger partial charge on any atom is -0.479 e. The molecule has 0 N–H and O–H groups in total. The van der Waals surface area contributed by atoms with Gasteiger partial charge in [0.2, 0.25) is 5.88 Å². The summed E-state index contributed by atoms with van der Waals surface area (Å²) >= 11 is 5.80. The predicted octanol–water partition coefficient (Wildman–Crippen LogP) is 4.59. The third-order valence-corrected chi connectivity index (χ3v) is 3.81. The minimum absolute atomic E-state index is 0.0223. The van der Waals surface area contributed by atoms with Crippen molar-refractivity contribution in [2.45, 2.75) is 6.92 Å². The Morgan fingerprint density at radius 1 is 0.960 bits per heavy atom. The Balaban J connectivity index is 2.40. The van der Waals surface area contributed by atoms with Crippen LogP contribution in [0.15, 0.2) is 30.5 Å². The van der Waals surface area contributed by atoms with Gasteiger partial charge < -0.3 is 4.74 Å². The third kappa shape index (κ3) is 3.15. The summed E-state index contributed by atoms with van der Waals surface area (Å²) in [5, 5.41) is 8.05. The molecular weight excluding hydrogens is 355 g/mol. The molecule has 0 aliphatic heterocycles. The lowest BCUT2D eigenvalue weighted by Crippen LogP contribution is -2.04. The number of rotatable bonds is 3. The fourth-order valence-electron chi connectivity index (χ4n) is 2.54. The molecule has 25 heavy (non-hydrogen) atoms. The van der Waals surface area contributed by atoms with Crippen molar-refractivity contribution < 1.29 is 17.9 Å². The molecule has 3 rings (SSSR count). The molecule has 0 aliphatic rings. The Bertz CT molecular complexity index is 926. The van der Waals surface area contributed by atoms with Crippen molar-refractivity contribution in [1.82, 2.24) is 15.2 Å². The van der Waals surface area contributed by atoms with Crippen LogP contribution in [0.3, 0.4) is 0 Å². The molecule has 0 aliphatic carbocycles. The lowest BCUT2D eigenvalue weighted by molar-refractivity contribution is 0.393. The van der Waals surface area contributed by atoms with Crippen molar-refractivity contribution >= 4 is 11.6 Å². The van der Waals surface area contributed by atoms with Crippen LogP contribution in [-0.2, 0) is 0 Å². The first-order valence-corrected chi connectivity index (χ1v) is 7.48. The molecule has 3 aromatic rings. The number of aryl methyl sites for hydroxylation is 1. The minimum atomic E-state index is -1.08. The standard InChI is InChI=1S/C17H11ClF3N3O/c1-8-14(9-3-4-13(18)22-7-9)16(17(25-2)24-23-8)15-11(20)5-10(19)6-12(15)21/h3-7H,1-2H3. The van der Waals surface area contributed by atoms with E-state index in [1.165, 1.54) is 19.4 Å². The number of halogens is 4. The molecule has 2 aromatic heterocycles. The summed E-state index contributed by atoms with van der Waals surface area (Å²) in [6, 6.07) is 4.35. The fourth-order valence-corrected chi connectivity index (χ4v) is 2.65. The van der Waals surface area contributed by atoms with Crippen molar-refractivity contribution in [3.63, 3.8) is 0 Å². The van der Waals surface area contributed by atoms with Crippen LogP contribution in [0.5, 0.6) is 5.88 Å². The second kappa shape index (κ2) is 6.68. The van der Waals surface area contributed by atoms with Crippen molar-refractivity contribution in [1.29, 1.82) is 0 Å². The quantitative estimate of drug-likeness (QED) is 0.637. The summed E-state index contributed by atoms with van der Waals surface area (Å²) in [6.07, 6.45) is 1.44. The molecule has 0 saturated carbocycles. The van der Waals surface area contributed by atoms with Gasteiger partial charge in [-0.3, -0.25) is 0 Å². The maximum Gasteiger partial charge on any atom is 0.241 e. The SMILES string of the molecule is COc1nnc(C)c(-c2ccc(Cl)nc2)c1-c1c(F)cc(F)cc1F. The molecule has 0 bridgehead atoms. The molecule has 0 spiro atoms. The highest BCUT2D eigenvalue weighted by atomic mass is 35.5. The maximum absolute atomic E-state index is 14.4. The number of aromatic nitrogens is 3. The zero-order valence-electron chi connectivity index (χ0n) is 13.1. The summed E-state index contributed by atoms with van der Waals surface area (Å²) < 4.78 is 47.2. The Labute approximate surface area is 146 Å². The third-order valence-electron chi connectivity index (χ3n) is 3.58. The molecule has 0 radical (unpaired) electrons. The van der Waals surface area contributed by atoms with Crippen LogP contribution in [0, 0.1) is 24.4 Å². The van der Waals surface area contributed by atoms with Gasteiger partial charge in [-0.05, 0) is 19.1 Å². The molecule has 0 unspecified atom stereocenters. The van der Waals surface area contributed by atoms with E-state index in [-0.39, 0.29) is 16.6 Å². The van der Waals surface area contributed by atoms with Crippen LogP contribution in [0.4, 0.5) is 13.2 Å². The van der Waals surface area contributed by atoms with E-state index in [0.29, 0.717) is 29.0 Å². The number of nitrogens with zero attached hydrogens (tertiary/aromatic N) is 3. The van der Waals surface area contributed by atoms with E-state index >= 15 is 0 Å². The van der Waals surface area contributed by atoms with Gasteiger partial charge in [0, 0.05) is 29.5 Å². The molecule has 0 atom stereocenters. The first kappa shape index (κ1) is 17.2. The average Bonchev–Trinajstić information content (AvgIpc) is 2.55. The Morgan fingerprint density at radius 3 is 2.20 bits per heavy atom. The van der Waals surface area contributed by atoms with E-state index in [1.54, 1.807) is 13.0 Å². The number of benzene rings is 1. The van der Waals surface area contributed by atoms with Crippen LogP contribution in [0.1, 0.15) is 5.69 Å². The molecule has 1 aromatic carbocycles. The number of ether oxygens (including phenoxy) is 1. The molecule has 2 heterocycles. The van der Waals surface area contributed by atoms with Gasteiger partial charge in [0.05, 0.1) is 23.9 Å². The molecular formula is C17H11ClF3N3O. The van der Waals surface area contributed by atoms with E-state index < -0.39 is 23.0 Å². The summed E-state index contributed by atoms with van der Waals surface area (Å²) in [4.78, 5) is 3.97.